The Hall–Kier alpha value is -2.65. The Morgan fingerprint density at radius 2 is 1.90 bits per heavy atom. The summed E-state index contributed by atoms with van der Waals surface area (Å²) < 4.78 is 36.2. The maximum absolute atomic E-state index is 12.9. The topological polar surface area (TPSA) is 89.5 Å². The Bertz CT molecular complexity index is 1010. The molecule has 11 heteroatoms. The molecule has 1 aromatic carbocycles. The third-order valence-electron chi connectivity index (χ3n) is 5.04. The lowest BCUT2D eigenvalue weighted by atomic mass is 9.97. The molecule has 2 amide bonds. The summed E-state index contributed by atoms with van der Waals surface area (Å²) >= 11 is 12.1. The largest absolute Gasteiger partial charge is 0.471 e. The first-order chi connectivity index (χ1) is 14.3. The summed E-state index contributed by atoms with van der Waals surface area (Å²) in [7, 11) is 0. The maximum Gasteiger partial charge on any atom is 0.387 e. The van der Waals surface area contributed by atoms with Crippen LogP contribution in [0.2, 0.25) is 10.0 Å². The van der Waals surface area contributed by atoms with Gasteiger partial charge in [0.1, 0.15) is 5.69 Å². The fourth-order valence-electron chi connectivity index (χ4n) is 3.62. The molecule has 1 aromatic heterocycles. The van der Waals surface area contributed by atoms with Gasteiger partial charge < -0.3 is 20.1 Å². The zero-order chi connectivity index (χ0) is 21.5. The van der Waals surface area contributed by atoms with Gasteiger partial charge in [-0.15, -0.1) is 0 Å². The number of ether oxygens (including phenoxy) is 2. The SMILES string of the molecule is O=C(Nc1c(Cl)cncc1Cl)c1ccc(OC(F)F)c2c1NC(=O)C1(CCCC1)O2. The summed E-state index contributed by atoms with van der Waals surface area (Å²) in [5.41, 5.74) is -1.14. The molecule has 1 aliphatic heterocycles. The molecule has 30 heavy (non-hydrogen) atoms. The molecule has 2 aliphatic rings. The minimum absolute atomic E-state index is 0.0308. The molecule has 2 aromatic rings. The number of carbonyl (C=O) groups is 2. The van der Waals surface area contributed by atoms with Crippen molar-refractivity contribution in [2.75, 3.05) is 10.6 Å². The summed E-state index contributed by atoms with van der Waals surface area (Å²) in [5, 5.41) is 5.39. The van der Waals surface area contributed by atoms with Crippen molar-refractivity contribution in [2.24, 2.45) is 0 Å². The van der Waals surface area contributed by atoms with Gasteiger partial charge in [0.15, 0.2) is 17.1 Å². The van der Waals surface area contributed by atoms with Crippen molar-refractivity contribution in [1.82, 2.24) is 4.98 Å². The van der Waals surface area contributed by atoms with Gasteiger partial charge in [0.25, 0.3) is 11.8 Å². The van der Waals surface area contributed by atoms with E-state index in [1.807, 2.05) is 0 Å². The highest BCUT2D eigenvalue weighted by molar-refractivity contribution is 6.39. The van der Waals surface area contributed by atoms with Gasteiger partial charge in [0.05, 0.1) is 21.3 Å². The van der Waals surface area contributed by atoms with Crippen molar-refractivity contribution >= 4 is 46.4 Å². The second kappa shape index (κ2) is 7.88. The van der Waals surface area contributed by atoms with Gasteiger partial charge in [0, 0.05) is 12.4 Å². The number of hydrogen-bond donors (Lipinski definition) is 2. The van der Waals surface area contributed by atoms with Crippen LogP contribution in [0, 0.1) is 0 Å². The molecule has 0 bridgehead atoms. The predicted molar refractivity (Wildman–Crippen MR) is 106 cm³/mol. The average molecular weight is 458 g/mol. The van der Waals surface area contributed by atoms with E-state index in [1.54, 1.807) is 0 Å². The predicted octanol–water partition coefficient (Wildman–Crippen LogP) is 4.89. The number of alkyl halides is 2. The van der Waals surface area contributed by atoms with Crippen LogP contribution in [0.1, 0.15) is 36.0 Å². The zero-order valence-corrected chi connectivity index (χ0v) is 16.8. The number of nitrogens with one attached hydrogen (secondary N) is 2. The highest BCUT2D eigenvalue weighted by Gasteiger charge is 2.48. The number of amides is 2. The molecule has 1 fully saturated rings. The summed E-state index contributed by atoms with van der Waals surface area (Å²) in [4.78, 5) is 29.5. The van der Waals surface area contributed by atoms with Gasteiger partial charge in [-0.1, -0.05) is 23.2 Å². The van der Waals surface area contributed by atoms with Crippen molar-refractivity contribution in [3.8, 4) is 11.5 Å². The Morgan fingerprint density at radius 1 is 1.23 bits per heavy atom. The molecule has 4 rings (SSSR count). The standard InChI is InChI=1S/C19H15Cl2F2N3O4/c20-10-7-24-8-11(21)14(10)25-16(27)9-3-4-12(29-18(22)23)15-13(9)26-17(28)19(30-15)5-1-2-6-19/h3-4,7-8,18H,1-2,5-6H2,(H,26,28)(H,24,25,27). The number of pyridine rings is 1. The fourth-order valence-corrected chi connectivity index (χ4v) is 4.08. The number of anilines is 2. The number of rotatable bonds is 4. The van der Waals surface area contributed by atoms with Crippen LogP contribution in [0.3, 0.4) is 0 Å². The zero-order valence-electron chi connectivity index (χ0n) is 15.3. The molecule has 1 saturated carbocycles. The Morgan fingerprint density at radius 3 is 2.53 bits per heavy atom. The van der Waals surface area contributed by atoms with E-state index < -0.39 is 24.0 Å². The van der Waals surface area contributed by atoms with Crippen LogP contribution in [-0.2, 0) is 4.79 Å². The molecule has 1 aliphatic carbocycles. The summed E-state index contributed by atoms with van der Waals surface area (Å²) in [5.74, 6) is -1.51. The molecule has 0 atom stereocenters. The van der Waals surface area contributed by atoms with Crippen LogP contribution in [0.4, 0.5) is 20.2 Å². The monoisotopic (exact) mass is 457 g/mol. The number of benzene rings is 1. The van der Waals surface area contributed by atoms with Crippen molar-refractivity contribution in [3.05, 3.63) is 40.1 Å². The molecule has 7 nitrogen and oxygen atoms in total. The van der Waals surface area contributed by atoms with Crippen molar-refractivity contribution < 1.29 is 27.8 Å². The first-order valence-electron chi connectivity index (χ1n) is 9.03. The van der Waals surface area contributed by atoms with Crippen LogP contribution in [0.15, 0.2) is 24.5 Å². The van der Waals surface area contributed by atoms with Gasteiger partial charge in [-0.3, -0.25) is 14.6 Å². The van der Waals surface area contributed by atoms with Crippen molar-refractivity contribution in [1.29, 1.82) is 0 Å². The quantitative estimate of drug-likeness (QED) is 0.682. The number of hydrogen-bond acceptors (Lipinski definition) is 5. The Kier molecular flexibility index (Phi) is 5.42. The van der Waals surface area contributed by atoms with Gasteiger partial charge in [-0.2, -0.15) is 8.78 Å². The maximum atomic E-state index is 12.9. The number of aromatic nitrogens is 1. The van der Waals surface area contributed by atoms with Crippen molar-refractivity contribution in [3.63, 3.8) is 0 Å². The smallest absolute Gasteiger partial charge is 0.387 e. The minimum atomic E-state index is -3.11. The number of halogens is 4. The molecular formula is C19H15Cl2F2N3O4. The molecule has 0 radical (unpaired) electrons. The van der Waals surface area contributed by atoms with Gasteiger partial charge in [-0.05, 0) is 37.8 Å². The van der Waals surface area contributed by atoms with E-state index in [9.17, 15) is 18.4 Å². The average Bonchev–Trinajstić information content (AvgIpc) is 3.15. The first-order valence-corrected chi connectivity index (χ1v) is 9.79. The summed E-state index contributed by atoms with van der Waals surface area (Å²) in [6.45, 7) is -3.11. The number of fused-ring (bicyclic) bond motifs is 1. The Balaban J connectivity index is 1.75. The summed E-state index contributed by atoms with van der Waals surface area (Å²) in [6.07, 6.45) is 4.98. The van der Waals surface area contributed by atoms with Crippen molar-refractivity contribution in [2.45, 2.75) is 37.9 Å². The number of carbonyl (C=O) groups excluding carboxylic acids is 2. The van der Waals surface area contributed by atoms with E-state index >= 15 is 0 Å². The van der Waals surface area contributed by atoms with Crippen LogP contribution < -0.4 is 20.1 Å². The molecule has 2 N–H and O–H groups in total. The highest BCUT2D eigenvalue weighted by Crippen LogP contribution is 2.48. The van der Waals surface area contributed by atoms with Gasteiger partial charge in [-0.25, -0.2) is 0 Å². The van der Waals surface area contributed by atoms with Crippen LogP contribution in [0.5, 0.6) is 11.5 Å². The van der Waals surface area contributed by atoms with E-state index in [-0.39, 0.29) is 38.5 Å². The normalized spacial score (nSPS) is 16.8. The van der Waals surface area contributed by atoms with E-state index in [0.29, 0.717) is 12.8 Å². The fraction of sp³-hybridized carbons (Fsp3) is 0.316. The molecule has 0 saturated heterocycles. The van der Waals surface area contributed by atoms with Gasteiger partial charge in [0.2, 0.25) is 0 Å². The van der Waals surface area contributed by atoms with Gasteiger partial charge >= 0.3 is 6.61 Å². The molecular weight excluding hydrogens is 443 g/mol. The van der Waals surface area contributed by atoms with E-state index in [4.69, 9.17) is 27.9 Å². The minimum Gasteiger partial charge on any atom is -0.471 e. The second-order valence-electron chi connectivity index (χ2n) is 6.88. The lowest BCUT2D eigenvalue weighted by molar-refractivity contribution is -0.132. The first kappa shape index (κ1) is 20.6. The number of nitrogens with zero attached hydrogens (tertiary/aromatic N) is 1. The van der Waals surface area contributed by atoms with Crippen LogP contribution >= 0.6 is 23.2 Å². The lowest BCUT2D eigenvalue weighted by Gasteiger charge is -2.35. The van der Waals surface area contributed by atoms with E-state index in [2.05, 4.69) is 20.4 Å². The lowest BCUT2D eigenvalue weighted by Crippen LogP contribution is -2.49. The second-order valence-corrected chi connectivity index (χ2v) is 7.70. The highest BCUT2D eigenvalue weighted by atomic mass is 35.5. The molecule has 158 valence electrons. The Labute approximate surface area is 179 Å². The van der Waals surface area contributed by atoms with E-state index in [1.165, 1.54) is 24.5 Å². The molecule has 2 heterocycles. The molecule has 0 unspecified atom stereocenters. The van der Waals surface area contributed by atoms with E-state index in [0.717, 1.165) is 12.8 Å². The third kappa shape index (κ3) is 3.63. The third-order valence-corrected chi connectivity index (χ3v) is 5.61. The summed E-state index contributed by atoms with van der Waals surface area (Å²) in [6, 6.07) is 2.43. The van der Waals surface area contributed by atoms with Crippen LogP contribution in [0.25, 0.3) is 0 Å². The molecule has 1 spiro atoms. The van der Waals surface area contributed by atoms with Crippen LogP contribution in [-0.4, -0.2) is 29.0 Å².